The number of allylic oxidation sites excluding steroid dienone is 3. The number of hydrogen-bond donors (Lipinski definition) is 0. The van der Waals surface area contributed by atoms with Gasteiger partial charge in [0.25, 0.3) is 0 Å². The molecule has 0 aromatic heterocycles. The zero-order valence-corrected chi connectivity index (χ0v) is 12.0. The first-order valence-corrected chi connectivity index (χ1v) is 6.71. The molecule has 0 spiro atoms. The molecule has 1 aliphatic carbocycles. The quantitative estimate of drug-likeness (QED) is 0.789. The lowest BCUT2D eigenvalue weighted by Crippen LogP contribution is -2.21. The number of benzene rings is 1. The fourth-order valence-corrected chi connectivity index (χ4v) is 2.57. The van der Waals surface area contributed by atoms with Crippen LogP contribution >= 0.6 is 0 Å². The molecular formula is C17H18O3. The number of ketones is 1. The van der Waals surface area contributed by atoms with Crippen molar-refractivity contribution in [2.24, 2.45) is 5.92 Å². The number of hydrogen-bond acceptors (Lipinski definition) is 3. The number of carbonyl (C=O) groups excluding carboxylic acids is 2. The van der Waals surface area contributed by atoms with Crippen molar-refractivity contribution in [3.05, 3.63) is 53.1 Å². The molecule has 1 aliphatic rings. The smallest absolute Gasteiger partial charge is 0.335 e. The molecule has 0 N–H and O–H groups in total. The van der Waals surface area contributed by atoms with Crippen LogP contribution in [-0.4, -0.2) is 18.4 Å². The molecule has 0 radical (unpaired) electrons. The fraction of sp³-hybridized carbons (Fsp3) is 0.294. The van der Waals surface area contributed by atoms with Gasteiger partial charge in [-0.25, -0.2) is 4.79 Å². The van der Waals surface area contributed by atoms with Gasteiger partial charge in [-0.2, -0.15) is 0 Å². The monoisotopic (exact) mass is 270 g/mol. The molecule has 0 heterocycles. The molecule has 20 heavy (non-hydrogen) atoms. The standard InChI is InChI=1S/C17H18O3/c1-4-20-17(19)15-11(2)10-14(16(15)12(3)18)13-8-6-5-7-9-13/h5-10,16H,4H2,1-3H3. The van der Waals surface area contributed by atoms with Crippen molar-refractivity contribution in [3.8, 4) is 0 Å². The maximum absolute atomic E-state index is 12.1. The molecule has 3 heteroatoms. The van der Waals surface area contributed by atoms with Crippen molar-refractivity contribution in [2.45, 2.75) is 20.8 Å². The van der Waals surface area contributed by atoms with E-state index in [-0.39, 0.29) is 5.78 Å². The Morgan fingerprint density at radius 3 is 2.40 bits per heavy atom. The summed E-state index contributed by atoms with van der Waals surface area (Å²) in [4.78, 5) is 24.1. The third-order valence-corrected chi connectivity index (χ3v) is 3.41. The zero-order chi connectivity index (χ0) is 14.7. The Morgan fingerprint density at radius 1 is 1.20 bits per heavy atom. The highest BCUT2D eigenvalue weighted by Crippen LogP contribution is 2.39. The first kappa shape index (κ1) is 14.3. The predicted octanol–water partition coefficient (Wildman–Crippen LogP) is 3.17. The van der Waals surface area contributed by atoms with Crippen molar-refractivity contribution >= 4 is 17.3 Å². The van der Waals surface area contributed by atoms with Crippen LogP contribution in [0.25, 0.3) is 5.57 Å². The van der Waals surface area contributed by atoms with E-state index in [1.807, 2.05) is 43.3 Å². The Bertz CT molecular complexity index is 594. The van der Waals surface area contributed by atoms with Gasteiger partial charge in [0.2, 0.25) is 0 Å². The van der Waals surface area contributed by atoms with Gasteiger partial charge in [-0.1, -0.05) is 36.4 Å². The zero-order valence-electron chi connectivity index (χ0n) is 12.0. The van der Waals surface area contributed by atoms with Gasteiger partial charge < -0.3 is 4.74 Å². The summed E-state index contributed by atoms with van der Waals surface area (Å²) in [6.45, 7) is 5.43. The lowest BCUT2D eigenvalue weighted by molar-refractivity contribution is -0.139. The first-order valence-electron chi connectivity index (χ1n) is 6.71. The van der Waals surface area contributed by atoms with Gasteiger partial charge in [0, 0.05) is 0 Å². The van der Waals surface area contributed by atoms with Gasteiger partial charge in [0.05, 0.1) is 18.1 Å². The average Bonchev–Trinajstić information content (AvgIpc) is 2.78. The van der Waals surface area contributed by atoms with Gasteiger partial charge in [-0.05, 0) is 37.5 Å². The van der Waals surface area contributed by atoms with Gasteiger partial charge in [-0.15, -0.1) is 0 Å². The van der Waals surface area contributed by atoms with E-state index in [1.54, 1.807) is 6.92 Å². The van der Waals surface area contributed by atoms with Crippen LogP contribution in [0.2, 0.25) is 0 Å². The molecule has 0 saturated heterocycles. The Labute approximate surface area is 118 Å². The number of rotatable bonds is 4. The highest BCUT2D eigenvalue weighted by Gasteiger charge is 2.35. The molecule has 1 unspecified atom stereocenters. The Kier molecular flexibility index (Phi) is 4.18. The summed E-state index contributed by atoms with van der Waals surface area (Å²) in [5.41, 5.74) is 3.12. The number of ether oxygens (including phenoxy) is 1. The first-order chi connectivity index (χ1) is 9.56. The van der Waals surface area contributed by atoms with Crippen molar-refractivity contribution in [1.82, 2.24) is 0 Å². The maximum Gasteiger partial charge on any atom is 0.335 e. The lowest BCUT2D eigenvalue weighted by Gasteiger charge is -2.16. The predicted molar refractivity (Wildman–Crippen MR) is 77.9 cm³/mol. The fourth-order valence-electron chi connectivity index (χ4n) is 2.57. The number of esters is 1. The molecule has 0 fully saturated rings. The molecule has 0 aliphatic heterocycles. The van der Waals surface area contributed by atoms with Crippen molar-refractivity contribution in [3.63, 3.8) is 0 Å². The Balaban J connectivity index is 2.42. The topological polar surface area (TPSA) is 43.4 Å². The van der Waals surface area contributed by atoms with Crippen LogP contribution in [0.15, 0.2) is 47.6 Å². The molecule has 104 valence electrons. The van der Waals surface area contributed by atoms with Gasteiger partial charge in [0.15, 0.2) is 0 Å². The summed E-state index contributed by atoms with van der Waals surface area (Å²) in [5, 5.41) is 0. The Morgan fingerprint density at radius 2 is 1.85 bits per heavy atom. The minimum atomic E-state index is -0.517. The SMILES string of the molecule is CCOC(=O)C1=C(C)C=C(c2ccccc2)C1C(C)=O. The summed E-state index contributed by atoms with van der Waals surface area (Å²) in [7, 11) is 0. The summed E-state index contributed by atoms with van der Waals surface area (Å²) >= 11 is 0. The second-order valence-electron chi connectivity index (χ2n) is 4.83. The molecule has 0 saturated carbocycles. The minimum absolute atomic E-state index is 0.0417. The molecule has 0 bridgehead atoms. The van der Waals surface area contributed by atoms with Crippen LogP contribution in [0.3, 0.4) is 0 Å². The van der Waals surface area contributed by atoms with Crippen molar-refractivity contribution < 1.29 is 14.3 Å². The van der Waals surface area contributed by atoms with Crippen LogP contribution in [0, 0.1) is 5.92 Å². The summed E-state index contributed by atoms with van der Waals surface area (Å²) in [6.07, 6.45) is 1.91. The van der Waals surface area contributed by atoms with Crippen LogP contribution in [-0.2, 0) is 14.3 Å². The van der Waals surface area contributed by atoms with Crippen LogP contribution in [0.1, 0.15) is 26.3 Å². The highest BCUT2D eigenvalue weighted by molar-refractivity contribution is 6.08. The number of carbonyl (C=O) groups is 2. The van der Waals surface area contributed by atoms with Gasteiger partial charge in [-0.3, -0.25) is 4.79 Å². The van der Waals surface area contributed by atoms with Crippen LogP contribution in [0.4, 0.5) is 0 Å². The van der Waals surface area contributed by atoms with Gasteiger partial charge in [0.1, 0.15) is 5.78 Å². The second-order valence-corrected chi connectivity index (χ2v) is 4.83. The van der Waals surface area contributed by atoms with E-state index in [2.05, 4.69) is 0 Å². The largest absolute Gasteiger partial charge is 0.463 e. The molecular weight excluding hydrogens is 252 g/mol. The molecule has 3 nitrogen and oxygen atoms in total. The highest BCUT2D eigenvalue weighted by atomic mass is 16.5. The lowest BCUT2D eigenvalue weighted by atomic mass is 9.87. The molecule has 0 amide bonds. The van der Waals surface area contributed by atoms with E-state index >= 15 is 0 Å². The molecule has 1 aromatic carbocycles. The van der Waals surface area contributed by atoms with Crippen molar-refractivity contribution in [2.75, 3.05) is 6.61 Å². The van der Waals surface area contributed by atoms with Crippen molar-refractivity contribution in [1.29, 1.82) is 0 Å². The van der Waals surface area contributed by atoms with Crippen LogP contribution in [0.5, 0.6) is 0 Å². The maximum atomic E-state index is 12.1. The van der Waals surface area contributed by atoms with E-state index in [4.69, 9.17) is 4.74 Å². The van der Waals surface area contributed by atoms with E-state index in [0.717, 1.165) is 16.7 Å². The van der Waals surface area contributed by atoms with E-state index in [0.29, 0.717) is 12.2 Å². The molecule has 2 rings (SSSR count). The third-order valence-electron chi connectivity index (χ3n) is 3.41. The van der Waals surface area contributed by atoms with E-state index in [9.17, 15) is 9.59 Å². The summed E-state index contributed by atoms with van der Waals surface area (Å²) in [6, 6.07) is 9.66. The van der Waals surface area contributed by atoms with Gasteiger partial charge >= 0.3 is 5.97 Å². The molecule has 1 aromatic rings. The normalized spacial score (nSPS) is 17.9. The minimum Gasteiger partial charge on any atom is -0.463 e. The van der Waals surface area contributed by atoms with E-state index < -0.39 is 11.9 Å². The average molecular weight is 270 g/mol. The summed E-state index contributed by atoms with van der Waals surface area (Å²) < 4.78 is 5.08. The molecule has 1 atom stereocenters. The summed E-state index contributed by atoms with van der Waals surface area (Å²) in [5.74, 6) is -0.955. The Hall–Kier alpha value is -2.16. The van der Waals surface area contributed by atoms with Crippen LogP contribution < -0.4 is 0 Å². The second kappa shape index (κ2) is 5.87. The number of Topliss-reactive ketones (excluding diaryl/α,β-unsaturated/α-hetero) is 1. The van der Waals surface area contributed by atoms with E-state index in [1.165, 1.54) is 6.92 Å². The third kappa shape index (κ3) is 2.57.